The number of nitrogens with zero attached hydrogens (tertiary/aromatic N) is 1. The highest BCUT2D eigenvalue weighted by atomic mass is 16.2. The Labute approximate surface area is 123 Å². The summed E-state index contributed by atoms with van der Waals surface area (Å²) >= 11 is 0. The lowest BCUT2D eigenvalue weighted by molar-refractivity contribution is -0.126. The molecule has 0 aromatic carbocycles. The van der Waals surface area contributed by atoms with Crippen molar-refractivity contribution in [3.63, 3.8) is 0 Å². The Kier molecular flexibility index (Phi) is 6.30. The molecule has 1 heterocycles. The summed E-state index contributed by atoms with van der Waals surface area (Å²) in [7, 11) is 2.07. The van der Waals surface area contributed by atoms with Gasteiger partial charge < -0.3 is 10.6 Å². The Bertz CT molecular complexity index is 296. The number of likely N-dealkylation sites (N-methyl/N-ethyl adjacent to an activating group) is 1. The molecule has 4 heteroatoms. The molecule has 1 saturated carbocycles. The third-order valence-corrected chi connectivity index (χ3v) is 4.98. The Hall–Kier alpha value is -0.610. The van der Waals surface area contributed by atoms with Crippen LogP contribution >= 0.6 is 0 Å². The zero-order valence-corrected chi connectivity index (χ0v) is 13.2. The van der Waals surface area contributed by atoms with Crippen LogP contribution in [0.5, 0.6) is 0 Å². The molecule has 0 bridgehead atoms. The van der Waals surface area contributed by atoms with Crippen LogP contribution in [0.2, 0.25) is 0 Å². The van der Waals surface area contributed by atoms with Gasteiger partial charge in [0.25, 0.3) is 0 Å². The number of carbonyl (C=O) groups is 1. The monoisotopic (exact) mass is 281 g/mol. The smallest absolute Gasteiger partial charge is 0.237 e. The van der Waals surface area contributed by atoms with Crippen LogP contribution in [0.1, 0.15) is 58.3 Å². The number of piperidine rings is 1. The quantitative estimate of drug-likeness (QED) is 0.781. The molecule has 0 radical (unpaired) electrons. The fraction of sp³-hybridized carbons (Fsp3) is 0.938. The van der Waals surface area contributed by atoms with Gasteiger partial charge in [0, 0.05) is 18.6 Å². The van der Waals surface area contributed by atoms with Gasteiger partial charge in [-0.1, -0.05) is 19.3 Å². The summed E-state index contributed by atoms with van der Waals surface area (Å²) in [6.07, 6.45) is 9.95. The van der Waals surface area contributed by atoms with E-state index < -0.39 is 0 Å². The lowest BCUT2D eigenvalue weighted by Crippen LogP contribution is -2.47. The summed E-state index contributed by atoms with van der Waals surface area (Å²) in [6.45, 7) is 4.18. The number of hydrogen-bond donors (Lipinski definition) is 2. The molecule has 2 rings (SSSR count). The van der Waals surface area contributed by atoms with Crippen LogP contribution in [0.25, 0.3) is 0 Å². The normalized spacial score (nSPS) is 25.9. The van der Waals surface area contributed by atoms with E-state index in [1.807, 2.05) is 6.92 Å². The third kappa shape index (κ3) is 4.74. The molecular formula is C16H31N3O. The van der Waals surface area contributed by atoms with Crippen molar-refractivity contribution in [3.05, 3.63) is 0 Å². The molecule has 2 fully saturated rings. The van der Waals surface area contributed by atoms with Crippen LogP contribution in [-0.4, -0.2) is 49.1 Å². The predicted molar refractivity (Wildman–Crippen MR) is 82.7 cm³/mol. The average molecular weight is 281 g/mol. The summed E-state index contributed by atoms with van der Waals surface area (Å²) in [4.78, 5) is 14.4. The van der Waals surface area contributed by atoms with E-state index in [-0.39, 0.29) is 11.9 Å². The minimum atomic E-state index is -0.0146. The molecule has 2 N–H and O–H groups in total. The molecule has 0 aromatic rings. The van der Waals surface area contributed by atoms with Gasteiger partial charge in [-0.15, -0.1) is 0 Å². The Morgan fingerprint density at radius 2 is 1.95 bits per heavy atom. The number of rotatable bonds is 6. The van der Waals surface area contributed by atoms with Crippen molar-refractivity contribution in [2.45, 2.75) is 76.4 Å². The first kappa shape index (κ1) is 15.8. The Morgan fingerprint density at radius 3 is 2.60 bits per heavy atom. The van der Waals surface area contributed by atoms with Crippen LogP contribution in [0, 0.1) is 0 Å². The van der Waals surface area contributed by atoms with E-state index in [1.54, 1.807) is 0 Å². The van der Waals surface area contributed by atoms with Crippen molar-refractivity contribution in [3.8, 4) is 0 Å². The Balaban J connectivity index is 1.67. The second-order valence-electron chi connectivity index (χ2n) is 6.58. The van der Waals surface area contributed by atoms with E-state index in [4.69, 9.17) is 0 Å². The van der Waals surface area contributed by atoms with Crippen molar-refractivity contribution in [1.82, 2.24) is 15.5 Å². The van der Waals surface area contributed by atoms with Crippen molar-refractivity contribution in [2.75, 3.05) is 20.1 Å². The second-order valence-corrected chi connectivity index (χ2v) is 6.58. The summed E-state index contributed by atoms with van der Waals surface area (Å²) in [6, 6.07) is 1.06. The fourth-order valence-electron chi connectivity index (χ4n) is 3.32. The van der Waals surface area contributed by atoms with Gasteiger partial charge in [-0.3, -0.25) is 9.69 Å². The molecule has 1 aliphatic heterocycles. The van der Waals surface area contributed by atoms with E-state index >= 15 is 0 Å². The van der Waals surface area contributed by atoms with Crippen LogP contribution < -0.4 is 10.6 Å². The zero-order chi connectivity index (χ0) is 14.4. The maximum Gasteiger partial charge on any atom is 0.237 e. The molecule has 0 spiro atoms. The van der Waals surface area contributed by atoms with E-state index in [0.29, 0.717) is 12.1 Å². The van der Waals surface area contributed by atoms with Crippen molar-refractivity contribution in [1.29, 1.82) is 0 Å². The lowest BCUT2D eigenvalue weighted by Gasteiger charge is -2.29. The molecule has 1 amide bonds. The maximum absolute atomic E-state index is 12.2. The van der Waals surface area contributed by atoms with E-state index in [0.717, 1.165) is 32.4 Å². The molecule has 20 heavy (non-hydrogen) atoms. The molecule has 2 unspecified atom stereocenters. The van der Waals surface area contributed by atoms with Gasteiger partial charge >= 0.3 is 0 Å². The van der Waals surface area contributed by atoms with E-state index in [9.17, 15) is 4.79 Å². The minimum Gasteiger partial charge on any atom is -0.352 e. The molecular weight excluding hydrogens is 250 g/mol. The minimum absolute atomic E-state index is 0.0146. The number of amides is 1. The lowest BCUT2D eigenvalue weighted by atomic mass is 10.0. The first-order valence-electron chi connectivity index (χ1n) is 8.41. The summed E-state index contributed by atoms with van der Waals surface area (Å²) < 4.78 is 0. The van der Waals surface area contributed by atoms with Crippen LogP contribution in [0.3, 0.4) is 0 Å². The van der Waals surface area contributed by atoms with Crippen molar-refractivity contribution < 1.29 is 4.79 Å². The molecule has 2 aliphatic rings. The third-order valence-electron chi connectivity index (χ3n) is 4.98. The number of carbonyl (C=O) groups excluding carboxylic acids is 1. The summed E-state index contributed by atoms with van der Waals surface area (Å²) in [5.41, 5.74) is 0. The van der Waals surface area contributed by atoms with Gasteiger partial charge in [-0.25, -0.2) is 0 Å². The Morgan fingerprint density at radius 1 is 1.25 bits per heavy atom. The van der Waals surface area contributed by atoms with Crippen LogP contribution in [0.4, 0.5) is 0 Å². The molecule has 1 saturated heterocycles. The highest BCUT2D eigenvalue weighted by Gasteiger charge is 2.23. The second kappa shape index (κ2) is 7.99. The summed E-state index contributed by atoms with van der Waals surface area (Å²) in [5.74, 6) is 0.205. The number of hydrogen-bond acceptors (Lipinski definition) is 3. The van der Waals surface area contributed by atoms with Gasteiger partial charge in [0.15, 0.2) is 0 Å². The maximum atomic E-state index is 12.2. The van der Waals surface area contributed by atoms with Crippen molar-refractivity contribution >= 4 is 5.91 Å². The van der Waals surface area contributed by atoms with Gasteiger partial charge in [-0.05, 0) is 52.6 Å². The highest BCUT2D eigenvalue weighted by Crippen LogP contribution is 2.18. The van der Waals surface area contributed by atoms with E-state index in [1.165, 1.54) is 32.1 Å². The summed E-state index contributed by atoms with van der Waals surface area (Å²) in [5, 5.41) is 6.78. The molecule has 4 nitrogen and oxygen atoms in total. The molecule has 116 valence electrons. The van der Waals surface area contributed by atoms with Crippen molar-refractivity contribution in [2.24, 2.45) is 0 Å². The predicted octanol–water partition coefficient (Wildman–Crippen LogP) is 1.90. The van der Waals surface area contributed by atoms with Gasteiger partial charge in [0.2, 0.25) is 5.91 Å². The van der Waals surface area contributed by atoms with Crippen LogP contribution in [-0.2, 0) is 4.79 Å². The van der Waals surface area contributed by atoms with Gasteiger partial charge in [0.1, 0.15) is 0 Å². The molecule has 1 aliphatic carbocycles. The fourth-order valence-corrected chi connectivity index (χ4v) is 3.32. The van der Waals surface area contributed by atoms with Gasteiger partial charge in [0.05, 0.1) is 6.04 Å². The first-order valence-corrected chi connectivity index (χ1v) is 8.41. The highest BCUT2D eigenvalue weighted by molar-refractivity contribution is 5.81. The average Bonchev–Trinajstić information content (AvgIpc) is 2.98. The number of nitrogens with one attached hydrogen (secondary N) is 2. The molecule has 0 aromatic heterocycles. The zero-order valence-electron chi connectivity index (χ0n) is 13.2. The van der Waals surface area contributed by atoms with E-state index in [2.05, 4.69) is 22.6 Å². The van der Waals surface area contributed by atoms with Crippen LogP contribution in [0.15, 0.2) is 0 Å². The topological polar surface area (TPSA) is 44.4 Å². The van der Waals surface area contributed by atoms with Gasteiger partial charge in [-0.2, -0.15) is 0 Å². The SMILES string of the molecule is CC(C(=O)NC1CCCC1)N(C)CCC1CCCCN1. The standard InChI is InChI=1S/C16H31N3O/c1-13(16(20)18-15-8-3-4-9-15)19(2)12-10-14-7-5-6-11-17-14/h13-15,17H,3-12H2,1-2H3,(H,18,20). The molecule has 2 atom stereocenters. The largest absolute Gasteiger partial charge is 0.352 e. The first-order chi connectivity index (χ1) is 9.66.